The van der Waals surface area contributed by atoms with Crippen LogP contribution in [-0.4, -0.2) is 180 Å². The van der Waals surface area contributed by atoms with E-state index in [1.165, 1.54) is 28.2 Å². The molecule has 0 aliphatic carbocycles. The minimum absolute atomic E-state index is 0.0155. The van der Waals surface area contributed by atoms with Gasteiger partial charge in [-0.1, -0.05) is 62.9 Å². The molecule has 27 heteroatoms. The number of hydrogen-bond donors (Lipinski definition) is 8. The molecule has 0 saturated carbocycles. The fraction of sp³-hybridized carbons (Fsp3) is 0.569. The monoisotopic (exact) mass is 1120 g/mol. The van der Waals surface area contributed by atoms with Crippen LogP contribution in [0.5, 0.6) is 0 Å². The molecule has 0 spiro atoms. The van der Waals surface area contributed by atoms with Crippen molar-refractivity contribution in [2.24, 2.45) is 10.5 Å². The van der Waals surface area contributed by atoms with Crippen LogP contribution in [0.25, 0.3) is 0 Å². The summed E-state index contributed by atoms with van der Waals surface area (Å²) in [5.74, 6) is -4.32. The van der Waals surface area contributed by atoms with Crippen LogP contribution in [0, 0.1) is 17.0 Å². The molecule has 3 rings (SSSR count). The van der Waals surface area contributed by atoms with Gasteiger partial charge in [0.25, 0.3) is 0 Å². The summed E-state index contributed by atoms with van der Waals surface area (Å²) in [7, 11) is 4.12. The molecule has 4 atom stereocenters. The third kappa shape index (κ3) is 23.1. The number of carbonyl (C=O) groups excluding carboxylic acids is 9. The second kappa shape index (κ2) is 33.6. The summed E-state index contributed by atoms with van der Waals surface area (Å²) >= 11 is 1.06. The van der Waals surface area contributed by atoms with Gasteiger partial charge in [0.15, 0.2) is 11.6 Å². The van der Waals surface area contributed by atoms with Gasteiger partial charge in [-0.2, -0.15) is 10.1 Å². The van der Waals surface area contributed by atoms with Crippen LogP contribution in [0.2, 0.25) is 0 Å². The maximum absolute atomic E-state index is 15.0. The molecule has 0 fully saturated rings. The number of nitrogens with zero attached hydrogens (tertiary/aromatic N) is 3. The van der Waals surface area contributed by atoms with Crippen molar-refractivity contribution in [1.82, 2.24) is 52.6 Å². The van der Waals surface area contributed by atoms with Gasteiger partial charge in [0, 0.05) is 78.3 Å². The Hall–Kier alpha value is -6.65. The lowest BCUT2D eigenvalue weighted by Gasteiger charge is -2.37. The number of rotatable bonds is 34. The van der Waals surface area contributed by atoms with Crippen molar-refractivity contribution in [3.63, 3.8) is 0 Å². The Balaban J connectivity index is 1.35. The first-order chi connectivity index (χ1) is 37.0. The predicted octanol–water partition coefficient (Wildman–Crippen LogP) is 1.57. The van der Waals surface area contributed by atoms with Crippen LogP contribution in [0.4, 0.5) is 18.4 Å². The molecule has 8 amide bonds. The minimum Gasteiger partial charge on any atom is -0.447 e. The first-order valence-electron chi connectivity index (χ1n) is 25.3. The van der Waals surface area contributed by atoms with Gasteiger partial charge >= 0.3 is 12.1 Å². The molecule has 1 aliphatic heterocycles. The SMILES string of the molecule is COCCNC(=O)C(COC(=O)NCCC(=O)NCCNC(=O)COCC(=O)NCCC[C@@]1(c2ccccc2)SC(c2cc(F)ccc2F)=NN1C(=O)N(C)OC)NC(C)C(=O)CNC(C)C(=O)CCNC(=O)CC(C)(C)C. The molecule has 2 aromatic carbocycles. The molecule has 2 aromatic rings. The molecule has 78 heavy (non-hydrogen) atoms. The van der Waals surface area contributed by atoms with Gasteiger partial charge in [-0.05, 0) is 55.9 Å². The number of urea groups is 1. The molecular formula is C51H75F2N11O13S. The zero-order valence-corrected chi connectivity index (χ0v) is 46.3. The minimum atomic E-state index is -1.26. The van der Waals surface area contributed by atoms with Gasteiger partial charge in [0.05, 0.1) is 32.3 Å². The summed E-state index contributed by atoms with van der Waals surface area (Å²) in [6.07, 6.45) is -0.245. The number of ketones is 2. The van der Waals surface area contributed by atoms with Gasteiger partial charge in [-0.15, -0.1) is 0 Å². The fourth-order valence-corrected chi connectivity index (χ4v) is 8.64. The summed E-state index contributed by atoms with van der Waals surface area (Å²) in [5, 5.41) is 27.9. The standard InChI is InChI=1S/C51H75F2N11O13S/c1-33(40(65)17-21-55-43(68)28-50(3,4)5)60-29-41(66)34(2)61-39(46(71)58-25-26-74-7)30-77-48(72)59-22-18-42(67)56-23-24-57-45(70)32-76-31-44(69)54-20-12-19-51(35-13-10-9-11-14-35)64(49(73)63(6)75-8)62-47(78-51)37-27-36(52)15-16-38(37)53/h9-11,13-16,27,33-34,39,60-61H,12,17-26,28-32H2,1-8H3,(H,54,69)(H,55,68)(H,56,67)(H,57,70)(H,58,71)(H,59,72)/t33?,34?,39?,51-/m0/s1. The lowest BCUT2D eigenvalue weighted by Crippen LogP contribution is -2.54. The quantitative estimate of drug-likeness (QED) is 0.0364. The number of Topliss-reactive ketones (excluding diaryl/α,β-unsaturated/α-hetero) is 2. The van der Waals surface area contributed by atoms with Crippen molar-refractivity contribution < 1.29 is 71.0 Å². The van der Waals surface area contributed by atoms with Crippen molar-refractivity contribution in [3.05, 3.63) is 71.3 Å². The van der Waals surface area contributed by atoms with Gasteiger partial charge < -0.3 is 51.4 Å². The van der Waals surface area contributed by atoms with E-state index in [9.17, 15) is 51.9 Å². The average Bonchev–Trinajstić information content (AvgIpc) is 3.90. The second-order valence-corrected chi connectivity index (χ2v) is 20.3. The van der Waals surface area contributed by atoms with E-state index in [4.69, 9.17) is 19.0 Å². The van der Waals surface area contributed by atoms with Gasteiger partial charge in [0.1, 0.15) is 47.4 Å². The van der Waals surface area contributed by atoms with E-state index in [0.29, 0.717) is 12.0 Å². The van der Waals surface area contributed by atoms with Crippen molar-refractivity contribution in [2.45, 2.75) is 89.7 Å². The predicted molar refractivity (Wildman–Crippen MR) is 284 cm³/mol. The van der Waals surface area contributed by atoms with E-state index in [2.05, 4.69) is 47.6 Å². The largest absolute Gasteiger partial charge is 0.447 e. The highest BCUT2D eigenvalue weighted by Crippen LogP contribution is 2.51. The summed E-state index contributed by atoms with van der Waals surface area (Å²) in [5.41, 5.74) is 0.299. The van der Waals surface area contributed by atoms with Crippen LogP contribution in [0.1, 0.15) is 77.8 Å². The molecule has 3 unspecified atom stereocenters. The van der Waals surface area contributed by atoms with Crippen molar-refractivity contribution in [2.75, 3.05) is 93.5 Å². The van der Waals surface area contributed by atoms with E-state index < -0.39 is 90.2 Å². The number of amides is 8. The lowest BCUT2D eigenvalue weighted by atomic mass is 9.92. The van der Waals surface area contributed by atoms with Gasteiger partial charge in [-0.25, -0.2) is 23.4 Å². The Labute approximate surface area is 457 Å². The third-order valence-electron chi connectivity index (χ3n) is 11.5. The Morgan fingerprint density at radius 3 is 2.05 bits per heavy atom. The number of carbonyl (C=O) groups is 9. The Kier molecular flexibility index (Phi) is 28.3. The molecule has 24 nitrogen and oxygen atoms in total. The molecular weight excluding hydrogens is 1040 g/mol. The number of hydrogen-bond acceptors (Lipinski definition) is 17. The van der Waals surface area contributed by atoms with Crippen LogP contribution in [-0.2, 0) is 57.5 Å². The zero-order valence-electron chi connectivity index (χ0n) is 45.5. The maximum atomic E-state index is 15.0. The highest BCUT2D eigenvalue weighted by molar-refractivity contribution is 8.15. The molecule has 1 aliphatic rings. The Morgan fingerprint density at radius 2 is 1.40 bits per heavy atom. The summed E-state index contributed by atoms with van der Waals surface area (Å²) in [6.45, 7) is 7.79. The van der Waals surface area contributed by atoms with Crippen molar-refractivity contribution in [1.29, 1.82) is 0 Å². The molecule has 1 heterocycles. The summed E-state index contributed by atoms with van der Waals surface area (Å²) in [4.78, 5) is 118. The fourth-order valence-electron chi connectivity index (χ4n) is 7.23. The van der Waals surface area contributed by atoms with Crippen LogP contribution in [0.3, 0.4) is 0 Å². The number of ether oxygens (including phenoxy) is 3. The molecule has 8 N–H and O–H groups in total. The number of nitrogens with one attached hydrogen (secondary N) is 8. The van der Waals surface area contributed by atoms with Crippen LogP contribution >= 0.6 is 11.8 Å². The Morgan fingerprint density at radius 1 is 0.756 bits per heavy atom. The molecule has 432 valence electrons. The smallest absolute Gasteiger partial charge is 0.407 e. The van der Waals surface area contributed by atoms with E-state index in [1.807, 2.05) is 20.8 Å². The molecule has 0 aromatic heterocycles. The summed E-state index contributed by atoms with van der Waals surface area (Å²) < 4.78 is 44.7. The average molecular weight is 1120 g/mol. The number of benzene rings is 2. The number of halogens is 2. The maximum Gasteiger partial charge on any atom is 0.407 e. The number of thioether (sulfide) groups is 1. The highest BCUT2D eigenvalue weighted by Gasteiger charge is 2.50. The molecule has 0 radical (unpaired) electrons. The normalized spacial score (nSPS) is 15.2. The first kappa shape index (κ1) is 65.6. The van der Waals surface area contributed by atoms with Crippen LogP contribution < -0.4 is 42.5 Å². The van der Waals surface area contributed by atoms with E-state index in [-0.39, 0.29) is 112 Å². The Bertz CT molecular complexity index is 2380. The number of alkyl carbamates (subject to hydrolysis) is 1. The van der Waals surface area contributed by atoms with Crippen LogP contribution in [0.15, 0.2) is 53.6 Å². The third-order valence-corrected chi connectivity index (χ3v) is 12.9. The number of hydroxylamine groups is 2. The topological polar surface area (TPSA) is 306 Å². The molecule has 0 bridgehead atoms. The van der Waals surface area contributed by atoms with E-state index in [1.54, 1.807) is 37.3 Å². The van der Waals surface area contributed by atoms with Gasteiger partial charge in [-0.3, -0.25) is 43.7 Å². The van der Waals surface area contributed by atoms with Crippen molar-refractivity contribution >= 4 is 70.0 Å². The lowest BCUT2D eigenvalue weighted by molar-refractivity contribution is -0.131. The zero-order chi connectivity index (χ0) is 57.8. The second-order valence-electron chi connectivity index (χ2n) is 19.1. The van der Waals surface area contributed by atoms with Crippen molar-refractivity contribution in [3.8, 4) is 0 Å². The number of methoxy groups -OCH3 is 1. The van der Waals surface area contributed by atoms with Gasteiger partial charge in [0.2, 0.25) is 29.5 Å². The summed E-state index contributed by atoms with van der Waals surface area (Å²) in [6, 6.07) is 8.35. The van der Waals surface area contributed by atoms with E-state index in [0.717, 1.165) is 40.0 Å². The molecule has 0 saturated heterocycles. The van der Waals surface area contributed by atoms with E-state index >= 15 is 0 Å². The highest BCUT2D eigenvalue weighted by atomic mass is 32.2. The first-order valence-corrected chi connectivity index (χ1v) is 26.1. The number of hydrazone groups is 1.